The first-order chi connectivity index (χ1) is 8.59. The van der Waals surface area contributed by atoms with Gasteiger partial charge < -0.3 is 10.6 Å². The third kappa shape index (κ3) is 3.68. The average molecular weight is 358 g/mol. The van der Waals surface area contributed by atoms with Gasteiger partial charge in [0.15, 0.2) is 0 Å². The van der Waals surface area contributed by atoms with Gasteiger partial charge in [0, 0.05) is 22.2 Å². The largest absolute Gasteiger partial charge is 0.351 e. The molecule has 1 amide bonds. The number of benzene rings is 1. The molecule has 0 saturated carbocycles. The fraction of sp³-hybridized carbons (Fsp3) is 0.500. The van der Waals surface area contributed by atoms with Gasteiger partial charge in [-0.25, -0.2) is 0 Å². The summed E-state index contributed by atoms with van der Waals surface area (Å²) >= 11 is 2.24. The van der Waals surface area contributed by atoms with E-state index in [4.69, 9.17) is 0 Å². The molecule has 0 spiro atoms. The first kappa shape index (κ1) is 13.8. The number of carbonyl (C=O) groups excluding carboxylic acids is 1. The molecular weight excluding hydrogens is 339 g/mol. The van der Waals surface area contributed by atoms with E-state index in [1.54, 1.807) is 0 Å². The van der Waals surface area contributed by atoms with Crippen molar-refractivity contribution in [3.05, 3.63) is 33.4 Å². The molecule has 2 rings (SSSR count). The molecule has 0 bridgehead atoms. The van der Waals surface area contributed by atoms with Crippen LogP contribution >= 0.6 is 22.6 Å². The van der Waals surface area contributed by atoms with Gasteiger partial charge in [-0.3, -0.25) is 4.79 Å². The minimum absolute atomic E-state index is 0.0261. The highest BCUT2D eigenvalue weighted by Crippen LogP contribution is 2.24. The molecule has 2 N–H and O–H groups in total. The Morgan fingerprint density at radius 2 is 2.17 bits per heavy atom. The molecule has 1 heterocycles. The summed E-state index contributed by atoms with van der Waals surface area (Å²) in [5, 5.41) is 6.44. The number of piperidine rings is 1. The van der Waals surface area contributed by atoms with Crippen LogP contribution in [0.3, 0.4) is 0 Å². The van der Waals surface area contributed by atoms with Crippen molar-refractivity contribution < 1.29 is 4.79 Å². The van der Waals surface area contributed by atoms with Gasteiger partial charge in [0.2, 0.25) is 0 Å². The molecular formula is C14H19IN2O. The SMILES string of the molecule is CC1(CNC(=O)c2ccc(I)cc2)CCCNC1. The minimum atomic E-state index is 0.0261. The minimum Gasteiger partial charge on any atom is -0.351 e. The van der Waals surface area contributed by atoms with E-state index in [1.807, 2.05) is 24.3 Å². The van der Waals surface area contributed by atoms with Crippen LogP contribution in [0, 0.1) is 8.99 Å². The van der Waals surface area contributed by atoms with Gasteiger partial charge in [-0.05, 0) is 71.7 Å². The van der Waals surface area contributed by atoms with Crippen LogP contribution in [0.5, 0.6) is 0 Å². The zero-order valence-corrected chi connectivity index (χ0v) is 12.8. The van der Waals surface area contributed by atoms with Crippen molar-refractivity contribution in [1.29, 1.82) is 0 Å². The fourth-order valence-electron chi connectivity index (χ4n) is 2.27. The number of rotatable bonds is 3. The quantitative estimate of drug-likeness (QED) is 0.815. The van der Waals surface area contributed by atoms with Crippen molar-refractivity contribution in [1.82, 2.24) is 10.6 Å². The van der Waals surface area contributed by atoms with Crippen LogP contribution in [-0.2, 0) is 0 Å². The highest BCUT2D eigenvalue weighted by atomic mass is 127. The van der Waals surface area contributed by atoms with Crippen molar-refractivity contribution in [2.45, 2.75) is 19.8 Å². The summed E-state index contributed by atoms with van der Waals surface area (Å²) in [5.74, 6) is 0.0261. The van der Waals surface area contributed by atoms with Crippen LogP contribution < -0.4 is 10.6 Å². The lowest BCUT2D eigenvalue weighted by molar-refractivity contribution is 0.0924. The van der Waals surface area contributed by atoms with Crippen molar-refractivity contribution in [2.24, 2.45) is 5.41 Å². The Balaban J connectivity index is 1.89. The van der Waals surface area contributed by atoms with E-state index in [-0.39, 0.29) is 11.3 Å². The number of hydrogen-bond acceptors (Lipinski definition) is 2. The van der Waals surface area contributed by atoms with Crippen molar-refractivity contribution in [3.8, 4) is 0 Å². The molecule has 0 aromatic heterocycles. The van der Waals surface area contributed by atoms with Crippen LogP contribution in [0.25, 0.3) is 0 Å². The number of nitrogens with one attached hydrogen (secondary N) is 2. The molecule has 1 atom stereocenters. The molecule has 1 aliphatic heterocycles. The molecule has 1 aromatic carbocycles. The zero-order valence-electron chi connectivity index (χ0n) is 10.6. The molecule has 98 valence electrons. The molecule has 1 aromatic rings. The van der Waals surface area contributed by atoms with Gasteiger partial charge in [-0.2, -0.15) is 0 Å². The molecule has 4 heteroatoms. The van der Waals surface area contributed by atoms with E-state index < -0.39 is 0 Å². The van der Waals surface area contributed by atoms with E-state index >= 15 is 0 Å². The third-order valence-electron chi connectivity index (χ3n) is 3.47. The van der Waals surface area contributed by atoms with E-state index in [0.29, 0.717) is 0 Å². The van der Waals surface area contributed by atoms with E-state index in [1.165, 1.54) is 12.8 Å². The molecule has 3 nitrogen and oxygen atoms in total. The molecule has 1 unspecified atom stereocenters. The van der Waals surface area contributed by atoms with Gasteiger partial charge in [0.1, 0.15) is 0 Å². The van der Waals surface area contributed by atoms with Crippen molar-refractivity contribution in [2.75, 3.05) is 19.6 Å². The Morgan fingerprint density at radius 1 is 1.44 bits per heavy atom. The number of halogens is 1. The average Bonchev–Trinajstić information content (AvgIpc) is 2.38. The lowest BCUT2D eigenvalue weighted by atomic mass is 9.83. The first-order valence-electron chi connectivity index (χ1n) is 6.34. The van der Waals surface area contributed by atoms with Gasteiger partial charge in [0.25, 0.3) is 5.91 Å². The maximum Gasteiger partial charge on any atom is 0.251 e. The summed E-state index contributed by atoms with van der Waals surface area (Å²) in [5.41, 5.74) is 0.930. The smallest absolute Gasteiger partial charge is 0.251 e. The Bertz CT molecular complexity index is 410. The summed E-state index contributed by atoms with van der Waals surface area (Å²) in [6, 6.07) is 7.66. The van der Waals surface area contributed by atoms with E-state index in [0.717, 1.165) is 28.8 Å². The summed E-state index contributed by atoms with van der Waals surface area (Å²) < 4.78 is 1.15. The fourth-order valence-corrected chi connectivity index (χ4v) is 2.63. The predicted octanol–water partition coefficient (Wildman–Crippen LogP) is 2.41. The second kappa shape index (κ2) is 6.02. The van der Waals surface area contributed by atoms with E-state index in [2.05, 4.69) is 40.1 Å². The van der Waals surface area contributed by atoms with Crippen LogP contribution in [0.15, 0.2) is 24.3 Å². The lowest BCUT2D eigenvalue weighted by Gasteiger charge is -2.34. The van der Waals surface area contributed by atoms with Crippen LogP contribution in [0.2, 0.25) is 0 Å². The highest BCUT2D eigenvalue weighted by Gasteiger charge is 2.27. The predicted molar refractivity (Wildman–Crippen MR) is 81.7 cm³/mol. The third-order valence-corrected chi connectivity index (χ3v) is 4.19. The van der Waals surface area contributed by atoms with Gasteiger partial charge >= 0.3 is 0 Å². The van der Waals surface area contributed by atoms with Gasteiger partial charge in [0.05, 0.1) is 0 Å². The second-order valence-electron chi connectivity index (χ2n) is 5.28. The molecule has 1 aliphatic rings. The lowest BCUT2D eigenvalue weighted by Crippen LogP contribution is -2.45. The summed E-state index contributed by atoms with van der Waals surface area (Å²) in [7, 11) is 0. The Labute approximate surface area is 122 Å². The molecule has 0 radical (unpaired) electrons. The highest BCUT2D eigenvalue weighted by molar-refractivity contribution is 14.1. The maximum atomic E-state index is 12.0. The number of carbonyl (C=O) groups is 1. The molecule has 0 aliphatic carbocycles. The Hall–Kier alpha value is -0.620. The van der Waals surface area contributed by atoms with Crippen LogP contribution in [0.4, 0.5) is 0 Å². The monoisotopic (exact) mass is 358 g/mol. The molecule has 18 heavy (non-hydrogen) atoms. The van der Waals surface area contributed by atoms with Crippen molar-refractivity contribution >= 4 is 28.5 Å². The normalized spacial score (nSPS) is 23.7. The van der Waals surface area contributed by atoms with E-state index in [9.17, 15) is 4.79 Å². The summed E-state index contributed by atoms with van der Waals surface area (Å²) in [6.45, 7) is 5.05. The second-order valence-corrected chi connectivity index (χ2v) is 6.53. The standard InChI is InChI=1S/C14H19IN2O/c1-14(7-2-8-16-9-14)10-17-13(18)11-3-5-12(15)6-4-11/h3-6,16H,2,7-10H2,1H3,(H,17,18). The first-order valence-corrected chi connectivity index (χ1v) is 7.41. The summed E-state index contributed by atoms with van der Waals surface area (Å²) in [4.78, 5) is 12.0. The summed E-state index contributed by atoms with van der Waals surface area (Å²) in [6.07, 6.45) is 2.36. The van der Waals surface area contributed by atoms with Crippen LogP contribution in [0.1, 0.15) is 30.1 Å². The molecule has 1 fully saturated rings. The topological polar surface area (TPSA) is 41.1 Å². The Morgan fingerprint density at radius 3 is 2.78 bits per heavy atom. The van der Waals surface area contributed by atoms with Crippen LogP contribution in [-0.4, -0.2) is 25.5 Å². The number of amides is 1. The zero-order chi connectivity index (χ0) is 13.0. The maximum absolute atomic E-state index is 12.0. The van der Waals surface area contributed by atoms with Gasteiger partial charge in [-0.15, -0.1) is 0 Å². The van der Waals surface area contributed by atoms with Crippen molar-refractivity contribution in [3.63, 3.8) is 0 Å². The Kier molecular flexibility index (Phi) is 4.61. The number of hydrogen-bond donors (Lipinski definition) is 2. The van der Waals surface area contributed by atoms with Gasteiger partial charge in [-0.1, -0.05) is 6.92 Å². The molecule has 1 saturated heterocycles.